The quantitative estimate of drug-likeness (QED) is 0.444. The van der Waals surface area contributed by atoms with Gasteiger partial charge in [0.05, 0.1) is 22.8 Å². The maximum atomic E-state index is 13.3. The molecule has 7 nitrogen and oxygen atoms in total. The molecule has 0 fully saturated rings. The number of H-pyrrole nitrogens is 1. The van der Waals surface area contributed by atoms with Crippen molar-refractivity contribution < 1.29 is 9.50 Å². The number of fused-ring (bicyclic) bond motifs is 2. The van der Waals surface area contributed by atoms with E-state index in [1.54, 1.807) is 17.6 Å². The van der Waals surface area contributed by atoms with Crippen LogP contribution in [0.2, 0.25) is 0 Å². The summed E-state index contributed by atoms with van der Waals surface area (Å²) in [7, 11) is 0. The highest BCUT2D eigenvalue weighted by Crippen LogP contribution is 2.15. The third-order valence-corrected chi connectivity index (χ3v) is 4.94. The van der Waals surface area contributed by atoms with Crippen LogP contribution in [0.4, 0.5) is 4.39 Å². The van der Waals surface area contributed by atoms with E-state index in [1.165, 1.54) is 33.9 Å². The Morgan fingerprint density at radius 1 is 1.41 bits per heavy atom. The van der Waals surface area contributed by atoms with E-state index in [9.17, 15) is 14.3 Å². The molecule has 0 spiro atoms. The summed E-state index contributed by atoms with van der Waals surface area (Å²) in [6.07, 6.45) is 2.00. The van der Waals surface area contributed by atoms with E-state index in [4.69, 9.17) is 0 Å². The summed E-state index contributed by atoms with van der Waals surface area (Å²) in [4.78, 5) is 24.5. The number of nitrogens with zero attached hydrogens (tertiary/aromatic N) is 3. The standard InChI is InChI=1S/C18H16FN5O2S/c1-10(25)14(8-16-22-13-3-2-11(19)6-15(13)23-16)20-9-12-7-17(26)24-4-5-27-18(24)21-12/h2-7,14,20,25H,1,8-9H2,(H,22,23)/t14-/m1/s1. The third-order valence-electron chi connectivity index (χ3n) is 4.18. The van der Waals surface area contributed by atoms with E-state index in [0.29, 0.717) is 33.9 Å². The van der Waals surface area contributed by atoms with Gasteiger partial charge in [0.15, 0.2) is 4.96 Å². The SMILES string of the molecule is C=C(O)[C@@H](Cc1nc2ccc(F)cc2[nH]1)NCc1cc(=O)n2ccsc2n1. The van der Waals surface area contributed by atoms with Gasteiger partial charge in [-0.3, -0.25) is 9.20 Å². The van der Waals surface area contributed by atoms with Crippen LogP contribution in [0.5, 0.6) is 0 Å². The molecule has 4 aromatic rings. The number of rotatable bonds is 6. The minimum atomic E-state index is -0.501. The van der Waals surface area contributed by atoms with Crippen LogP contribution in [0, 0.1) is 5.82 Å². The van der Waals surface area contributed by atoms with Gasteiger partial charge < -0.3 is 15.4 Å². The van der Waals surface area contributed by atoms with Gasteiger partial charge in [-0.25, -0.2) is 14.4 Å². The molecular formula is C18H16FN5O2S. The van der Waals surface area contributed by atoms with Crippen LogP contribution in [0.25, 0.3) is 16.0 Å². The van der Waals surface area contributed by atoms with Gasteiger partial charge in [0.1, 0.15) is 17.4 Å². The number of imidazole rings is 1. The van der Waals surface area contributed by atoms with Crippen LogP contribution in [0.1, 0.15) is 11.5 Å². The molecule has 0 aliphatic heterocycles. The summed E-state index contributed by atoms with van der Waals surface area (Å²) in [5.74, 6) is 0.181. The fourth-order valence-corrected chi connectivity index (χ4v) is 3.58. The van der Waals surface area contributed by atoms with Crippen LogP contribution >= 0.6 is 11.3 Å². The van der Waals surface area contributed by atoms with E-state index >= 15 is 0 Å². The highest BCUT2D eigenvalue weighted by atomic mass is 32.1. The molecule has 0 unspecified atom stereocenters. The lowest BCUT2D eigenvalue weighted by atomic mass is 10.1. The van der Waals surface area contributed by atoms with E-state index in [1.807, 2.05) is 0 Å². The van der Waals surface area contributed by atoms with Crippen molar-refractivity contribution >= 4 is 27.3 Å². The molecule has 138 valence electrons. The number of hydrogen-bond donors (Lipinski definition) is 3. The second kappa shape index (κ2) is 6.93. The Hall–Kier alpha value is -3.04. The number of aromatic nitrogens is 4. The molecule has 1 atom stereocenters. The van der Waals surface area contributed by atoms with Gasteiger partial charge in [0.25, 0.3) is 5.56 Å². The molecule has 3 aromatic heterocycles. The van der Waals surface area contributed by atoms with Crippen LogP contribution in [-0.4, -0.2) is 30.5 Å². The highest BCUT2D eigenvalue weighted by Gasteiger charge is 2.16. The molecule has 0 amide bonds. The lowest BCUT2D eigenvalue weighted by Crippen LogP contribution is -2.33. The smallest absolute Gasteiger partial charge is 0.258 e. The zero-order valence-corrected chi connectivity index (χ0v) is 15.0. The molecular weight excluding hydrogens is 369 g/mol. The Balaban J connectivity index is 1.51. The maximum absolute atomic E-state index is 13.3. The zero-order chi connectivity index (χ0) is 19.0. The Labute approximate surface area is 156 Å². The largest absolute Gasteiger partial charge is 0.511 e. The normalized spacial score (nSPS) is 12.6. The highest BCUT2D eigenvalue weighted by molar-refractivity contribution is 7.15. The van der Waals surface area contributed by atoms with Gasteiger partial charge in [-0.15, -0.1) is 11.3 Å². The van der Waals surface area contributed by atoms with Crippen molar-refractivity contribution in [3.8, 4) is 0 Å². The number of halogens is 1. The minimum Gasteiger partial charge on any atom is -0.511 e. The molecule has 3 N–H and O–H groups in total. The molecule has 0 bridgehead atoms. The number of aliphatic hydroxyl groups is 1. The first-order chi connectivity index (χ1) is 13.0. The molecule has 27 heavy (non-hydrogen) atoms. The lowest BCUT2D eigenvalue weighted by Gasteiger charge is -2.16. The molecule has 1 aromatic carbocycles. The van der Waals surface area contributed by atoms with Crippen molar-refractivity contribution in [1.29, 1.82) is 0 Å². The summed E-state index contributed by atoms with van der Waals surface area (Å²) in [6, 6.07) is 5.26. The van der Waals surface area contributed by atoms with Crippen molar-refractivity contribution in [3.63, 3.8) is 0 Å². The van der Waals surface area contributed by atoms with E-state index in [-0.39, 0.29) is 23.7 Å². The first-order valence-electron chi connectivity index (χ1n) is 8.20. The summed E-state index contributed by atoms with van der Waals surface area (Å²) in [6.45, 7) is 3.88. The average Bonchev–Trinajstić information content (AvgIpc) is 3.24. The Kier molecular flexibility index (Phi) is 4.46. The molecule has 3 heterocycles. The summed E-state index contributed by atoms with van der Waals surface area (Å²) >= 11 is 1.37. The molecule has 9 heteroatoms. The maximum Gasteiger partial charge on any atom is 0.258 e. The Bertz CT molecular complexity index is 1200. The van der Waals surface area contributed by atoms with Gasteiger partial charge in [-0.1, -0.05) is 6.58 Å². The van der Waals surface area contributed by atoms with Crippen molar-refractivity contribution in [1.82, 2.24) is 24.7 Å². The predicted molar refractivity (Wildman–Crippen MR) is 101 cm³/mol. The number of aromatic amines is 1. The predicted octanol–water partition coefficient (Wildman–Crippen LogP) is 2.54. The monoisotopic (exact) mass is 385 g/mol. The van der Waals surface area contributed by atoms with Crippen molar-refractivity contribution in [2.45, 2.75) is 19.0 Å². The minimum absolute atomic E-state index is 0.0597. The van der Waals surface area contributed by atoms with Crippen molar-refractivity contribution in [2.75, 3.05) is 0 Å². The van der Waals surface area contributed by atoms with E-state index in [2.05, 4.69) is 26.8 Å². The molecule has 0 aliphatic rings. The number of hydrogen-bond acceptors (Lipinski definition) is 6. The van der Waals surface area contributed by atoms with Crippen LogP contribution in [0.3, 0.4) is 0 Å². The van der Waals surface area contributed by atoms with Gasteiger partial charge >= 0.3 is 0 Å². The number of thiazole rings is 1. The second-order valence-corrected chi connectivity index (χ2v) is 6.99. The topological polar surface area (TPSA) is 95.3 Å². The zero-order valence-electron chi connectivity index (χ0n) is 14.1. The fraction of sp³-hybridized carbons (Fsp3) is 0.167. The summed E-state index contributed by atoms with van der Waals surface area (Å²) < 4.78 is 14.8. The van der Waals surface area contributed by atoms with Crippen molar-refractivity contribution in [2.24, 2.45) is 0 Å². The van der Waals surface area contributed by atoms with Crippen LogP contribution in [0.15, 0.2) is 53.0 Å². The number of nitrogens with one attached hydrogen (secondary N) is 2. The van der Waals surface area contributed by atoms with Gasteiger partial charge in [0.2, 0.25) is 0 Å². The average molecular weight is 385 g/mol. The van der Waals surface area contributed by atoms with Crippen LogP contribution in [-0.2, 0) is 13.0 Å². The molecule has 0 radical (unpaired) electrons. The third kappa shape index (κ3) is 3.60. The van der Waals surface area contributed by atoms with Gasteiger partial charge in [0, 0.05) is 30.6 Å². The molecule has 0 saturated carbocycles. The van der Waals surface area contributed by atoms with Crippen LogP contribution < -0.4 is 10.9 Å². The Morgan fingerprint density at radius 3 is 3.07 bits per heavy atom. The van der Waals surface area contributed by atoms with E-state index in [0.717, 1.165) is 0 Å². The van der Waals surface area contributed by atoms with E-state index < -0.39 is 6.04 Å². The fourth-order valence-electron chi connectivity index (χ4n) is 2.84. The summed E-state index contributed by atoms with van der Waals surface area (Å²) in [5, 5.41) is 14.9. The Morgan fingerprint density at radius 2 is 2.26 bits per heavy atom. The molecule has 0 aliphatic carbocycles. The van der Waals surface area contributed by atoms with Crippen molar-refractivity contribution in [3.05, 3.63) is 75.9 Å². The molecule has 0 saturated heterocycles. The molecule has 4 rings (SSSR count). The first-order valence-corrected chi connectivity index (χ1v) is 9.08. The second-order valence-electron chi connectivity index (χ2n) is 6.12. The lowest BCUT2D eigenvalue weighted by molar-refractivity contribution is 0.336. The first kappa shape index (κ1) is 17.4. The number of benzene rings is 1. The van der Waals surface area contributed by atoms with Gasteiger partial charge in [-0.2, -0.15) is 0 Å². The number of aliphatic hydroxyl groups excluding tert-OH is 1. The summed E-state index contributed by atoms with van der Waals surface area (Å²) in [5.41, 5.74) is 1.65. The van der Waals surface area contributed by atoms with Gasteiger partial charge in [-0.05, 0) is 18.2 Å².